The second-order valence-corrected chi connectivity index (χ2v) is 11.5. The number of fused-ring (bicyclic) bond motifs is 1. The zero-order valence-corrected chi connectivity index (χ0v) is 25.7. The number of hydrogen-bond acceptors (Lipinski definition) is 5. The summed E-state index contributed by atoms with van der Waals surface area (Å²) in [6, 6.07) is 14.1. The highest BCUT2D eigenvalue weighted by molar-refractivity contribution is 6.31. The Balaban J connectivity index is 1.70. The van der Waals surface area contributed by atoms with Crippen molar-refractivity contribution in [1.82, 2.24) is 25.1 Å². The molecular weight excluding hydrogens is 604 g/mol. The molecule has 0 aliphatic heterocycles. The van der Waals surface area contributed by atoms with Crippen LogP contribution in [0.2, 0.25) is 10.0 Å². The van der Waals surface area contributed by atoms with E-state index in [1.165, 1.54) is 5.01 Å². The fourth-order valence-corrected chi connectivity index (χ4v) is 5.29. The highest BCUT2D eigenvalue weighted by Crippen LogP contribution is 2.29. The molecule has 1 amide bonds. The quantitative estimate of drug-likeness (QED) is 0.189. The molecule has 2 aromatic carbocycles. The summed E-state index contributed by atoms with van der Waals surface area (Å²) >= 11 is 12.5. The van der Waals surface area contributed by atoms with Crippen molar-refractivity contribution >= 4 is 34.9 Å². The van der Waals surface area contributed by atoms with Gasteiger partial charge in [-0.05, 0) is 68.4 Å². The highest BCUT2D eigenvalue weighted by Gasteiger charge is 2.38. The smallest absolute Gasteiger partial charge is 0.382 e. The van der Waals surface area contributed by atoms with Crippen LogP contribution in [0.25, 0.3) is 0 Å². The SMILES string of the molecule is CCC(=O)N(Cc1nn(Cc2ccccc2Cl)c2c1CCC(N(C)C)C2)NC(=NC[C@H](O)C(F)(F)F)c1ccc(Cl)cc1. The van der Waals surface area contributed by atoms with E-state index < -0.39 is 18.8 Å². The first-order valence-corrected chi connectivity index (χ1v) is 14.7. The summed E-state index contributed by atoms with van der Waals surface area (Å²) in [6.07, 6.45) is -4.96. The van der Waals surface area contributed by atoms with Crippen molar-refractivity contribution in [3.05, 3.63) is 86.7 Å². The molecule has 0 bridgehead atoms. The van der Waals surface area contributed by atoms with Crippen molar-refractivity contribution in [3.8, 4) is 0 Å². The number of aliphatic hydroxyl groups excluding tert-OH is 1. The van der Waals surface area contributed by atoms with Crippen molar-refractivity contribution in [2.45, 2.75) is 64.0 Å². The molecule has 1 aliphatic rings. The van der Waals surface area contributed by atoms with Gasteiger partial charge in [0.2, 0.25) is 5.91 Å². The number of nitrogens with one attached hydrogen (secondary N) is 1. The molecule has 1 unspecified atom stereocenters. The van der Waals surface area contributed by atoms with Crippen LogP contribution in [0.3, 0.4) is 0 Å². The van der Waals surface area contributed by atoms with E-state index in [2.05, 4.69) is 15.3 Å². The lowest BCUT2D eigenvalue weighted by molar-refractivity contribution is -0.199. The number of nitrogens with zero attached hydrogens (tertiary/aromatic N) is 5. The van der Waals surface area contributed by atoms with Crippen LogP contribution >= 0.6 is 23.2 Å². The number of aromatic nitrogens is 2. The van der Waals surface area contributed by atoms with Gasteiger partial charge in [0.1, 0.15) is 5.84 Å². The number of carbonyl (C=O) groups is 1. The number of amidine groups is 1. The summed E-state index contributed by atoms with van der Waals surface area (Å²) in [5, 5.41) is 16.9. The average molecular weight is 640 g/mol. The molecule has 0 spiro atoms. The second kappa shape index (κ2) is 14.1. The molecule has 1 aromatic heterocycles. The summed E-state index contributed by atoms with van der Waals surface area (Å²) in [6.45, 7) is 1.24. The Bertz CT molecular complexity index is 1440. The monoisotopic (exact) mass is 638 g/mol. The van der Waals surface area contributed by atoms with Gasteiger partial charge < -0.3 is 10.0 Å². The number of hydrazine groups is 1. The number of carbonyl (C=O) groups excluding carboxylic acids is 1. The van der Waals surface area contributed by atoms with Crippen LogP contribution in [-0.4, -0.2) is 75.5 Å². The number of alkyl halides is 3. The molecule has 43 heavy (non-hydrogen) atoms. The number of aliphatic imine (C=N–C) groups is 1. The Morgan fingerprint density at radius 1 is 1.19 bits per heavy atom. The highest BCUT2D eigenvalue weighted by atomic mass is 35.5. The number of likely N-dealkylation sites (N-methyl/N-ethyl adjacent to an activating group) is 1. The number of hydrogen-bond donors (Lipinski definition) is 2. The molecular formula is C30H35Cl2F3N6O2. The predicted octanol–water partition coefficient (Wildman–Crippen LogP) is 5.27. The molecule has 232 valence electrons. The molecule has 0 saturated carbocycles. The van der Waals surface area contributed by atoms with Gasteiger partial charge >= 0.3 is 6.18 Å². The molecule has 0 saturated heterocycles. The second-order valence-electron chi connectivity index (χ2n) is 10.7. The first kappa shape index (κ1) is 32.8. The fourth-order valence-electron chi connectivity index (χ4n) is 4.97. The Labute approximate surface area is 259 Å². The van der Waals surface area contributed by atoms with E-state index in [0.717, 1.165) is 36.1 Å². The molecule has 3 aromatic rings. The fraction of sp³-hybridized carbons (Fsp3) is 0.433. The van der Waals surface area contributed by atoms with Crippen LogP contribution in [0.1, 0.15) is 47.8 Å². The van der Waals surface area contributed by atoms with Gasteiger partial charge in [0.25, 0.3) is 0 Å². The van der Waals surface area contributed by atoms with Gasteiger partial charge in [-0.15, -0.1) is 0 Å². The standard InChI is InChI=1S/C30H35Cl2F3N6O2/c1-4-28(43)41(38-29(19-9-11-21(31)12-10-19)36-16-27(42)30(33,34)35)18-25-23-14-13-22(39(2)3)15-26(23)40(37-25)17-20-7-5-6-8-24(20)32/h5-12,22,27,42H,4,13-18H2,1-3H3,(H,36,38)/t22?,27-/m0/s1. The van der Waals surface area contributed by atoms with Crippen molar-refractivity contribution in [3.63, 3.8) is 0 Å². The van der Waals surface area contributed by atoms with Crippen molar-refractivity contribution in [2.24, 2.45) is 4.99 Å². The summed E-state index contributed by atoms with van der Waals surface area (Å²) in [5.74, 6) is -0.326. The van der Waals surface area contributed by atoms with Gasteiger partial charge in [0, 0.05) is 40.2 Å². The van der Waals surface area contributed by atoms with Crippen LogP contribution < -0.4 is 5.43 Å². The summed E-state index contributed by atoms with van der Waals surface area (Å²) < 4.78 is 41.1. The maximum Gasteiger partial charge on any atom is 0.416 e. The van der Waals surface area contributed by atoms with Crippen LogP contribution in [0.4, 0.5) is 13.2 Å². The van der Waals surface area contributed by atoms with Crippen LogP contribution in [0.5, 0.6) is 0 Å². The number of rotatable bonds is 9. The molecule has 1 heterocycles. The number of amides is 1. The minimum absolute atomic E-state index is 0.0150. The van der Waals surface area contributed by atoms with Crippen LogP contribution in [-0.2, 0) is 30.7 Å². The molecule has 13 heteroatoms. The summed E-state index contributed by atoms with van der Waals surface area (Å²) in [7, 11) is 4.09. The average Bonchev–Trinajstić information content (AvgIpc) is 3.31. The van der Waals surface area contributed by atoms with Crippen LogP contribution in [0.15, 0.2) is 53.5 Å². The van der Waals surface area contributed by atoms with Crippen LogP contribution in [0, 0.1) is 0 Å². The van der Waals surface area contributed by atoms with E-state index in [-0.39, 0.29) is 24.7 Å². The Kier molecular flexibility index (Phi) is 10.8. The molecule has 2 atom stereocenters. The van der Waals surface area contributed by atoms with Crippen molar-refractivity contribution < 1.29 is 23.1 Å². The lowest BCUT2D eigenvalue weighted by Gasteiger charge is -2.29. The summed E-state index contributed by atoms with van der Waals surface area (Å²) in [5.41, 5.74) is 7.02. The maximum absolute atomic E-state index is 13.2. The molecule has 1 aliphatic carbocycles. The van der Waals surface area contributed by atoms with E-state index in [1.54, 1.807) is 31.2 Å². The zero-order valence-electron chi connectivity index (χ0n) is 24.2. The number of benzene rings is 2. The van der Waals surface area contributed by atoms with Crippen molar-refractivity contribution in [1.29, 1.82) is 0 Å². The van der Waals surface area contributed by atoms with E-state index in [4.69, 9.17) is 28.3 Å². The van der Waals surface area contributed by atoms with Gasteiger partial charge in [-0.25, -0.2) is 5.01 Å². The van der Waals surface area contributed by atoms with Gasteiger partial charge in [0.05, 0.1) is 25.3 Å². The van der Waals surface area contributed by atoms with Gasteiger partial charge in [-0.3, -0.25) is 19.9 Å². The minimum Gasteiger partial charge on any atom is -0.382 e. The van der Waals surface area contributed by atoms with E-state index in [1.807, 2.05) is 43.0 Å². The van der Waals surface area contributed by atoms with Gasteiger partial charge in [-0.1, -0.05) is 48.3 Å². The largest absolute Gasteiger partial charge is 0.416 e. The maximum atomic E-state index is 13.2. The van der Waals surface area contributed by atoms with Gasteiger partial charge in [0.15, 0.2) is 6.10 Å². The molecule has 2 N–H and O–H groups in total. The van der Waals surface area contributed by atoms with E-state index >= 15 is 0 Å². The normalized spacial score (nSPS) is 16.2. The first-order valence-electron chi connectivity index (χ1n) is 14.0. The topological polar surface area (TPSA) is 86.0 Å². The minimum atomic E-state index is -4.84. The molecule has 8 nitrogen and oxygen atoms in total. The lowest BCUT2D eigenvalue weighted by Crippen LogP contribution is -2.46. The number of aliphatic hydroxyl groups is 1. The Hall–Kier alpha value is -3.12. The number of halogens is 5. The molecule has 4 rings (SSSR count). The van der Waals surface area contributed by atoms with Gasteiger partial charge in [-0.2, -0.15) is 18.3 Å². The Morgan fingerprint density at radius 3 is 2.51 bits per heavy atom. The van der Waals surface area contributed by atoms with E-state index in [0.29, 0.717) is 33.9 Å². The predicted molar refractivity (Wildman–Crippen MR) is 161 cm³/mol. The third-order valence-electron chi connectivity index (χ3n) is 7.48. The van der Waals surface area contributed by atoms with E-state index in [9.17, 15) is 23.1 Å². The van der Waals surface area contributed by atoms with Crippen molar-refractivity contribution in [2.75, 3.05) is 20.6 Å². The lowest BCUT2D eigenvalue weighted by atomic mass is 9.91. The first-order chi connectivity index (χ1) is 20.4. The molecule has 0 fully saturated rings. The third-order valence-corrected chi connectivity index (χ3v) is 8.11. The zero-order chi connectivity index (χ0) is 31.3. The third kappa shape index (κ3) is 8.29. The Morgan fingerprint density at radius 2 is 1.88 bits per heavy atom. The molecule has 0 radical (unpaired) electrons. The summed E-state index contributed by atoms with van der Waals surface area (Å²) in [4.78, 5) is 19.4.